The molecule has 2 rings (SSSR count). The Balaban J connectivity index is 1.88. The number of carboxylic acids is 1. The van der Waals surface area contributed by atoms with Crippen molar-refractivity contribution in [1.29, 1.82) is 0 Å². The zero-order valence-corrected chi connectivity index (χ0v) is 15.4. The Morgan fingerprint density at radius 2 is 1.96 bits per heavy atom. The van der Waals surface area contributed by atoms with Gasteiger partial charge in [-0.3, -0.25) is 0 Å². The van der Waals surface area contributed by atoms with Gasteiger partial charge in [-0.05, 0) is 57.3 Å². The first-order valence-corrected chi connectivity index (χ1v) is 9.81. The van der Waals surface area contributed by atoms with Gasteiger partial charge in [-0.2, -0.15) is 0 Å². The predicted molar refractivity (Wildman–Crippen MR) is 98.3 cm³/mol. The van der Waals surface area contributed by atoms with Crippen LogP contribution in [0, 0.1) is 23.7 Å². The molecule has 0 aliphatic heterocycles. The lowest BCUT2D eigenvalue weighted by Crippen LogP contribution is -2.30. The number of rotatable bonds is 6. The third-order valence-electron chi connectivity index (χ3n) is 5.38. The topological polar surface area (TPSA) is 77.8 Å². The molecule has 0 unspecified atom stereocenters. The lowest BCUT2D eigenvalue weighted by molar-refractivity contribution is -0.131. The van der Waals surface area contributed by atoms with Gasteiger partial charge in [-0.25, -0.2) is 4.79 Å². The van der Waals surface area contributed by atoms with Crippen LogP contribution in [-0.2, 0) is 4.79 Å². The van der Waals surface area contributed by atoms with Crippen LogP contribution >= 0.6 is 11.6 Å². The number of aliphatic hydroxyl groups is 2. The van der Waals surface area contributed by atoms with Crippen LogP contribution in [0.4, 0.5) is 0 Å². The van der Waals surface area contributed by atoms with E-state index < -0.39 is 17.7 Å². The molecule has 2 aliphatic carbocycles. The average molecular weight is 369 g/mol. The first-order valence-electron chi connectivity index (χ1n) is 9.38. The van der Waals surface area contributed by atoms with E-state index in [0.717, 1.165) is 44.9 Å². The lowest BCUT2D eigenvalue weighted by atomic mass is 9.84. The molecule has 140 valence electrons. The summed E-state index contributed by atoms with van der Waals surface area (Å²) in [7, 11) is 0. The second kappa shape index (κ2) is 9.62. The van der Waals surface area contributed by atoms with Crippen molar-refractivity contribution in [2.24, 2.45) is 11.8 Å². The van der Waals surface area contributed by atoms with E-state index in [0.29, 0.717) is 19.3 Å². The molecule has 2 saturated carbocycles. The van der Waals surface area contributed by atoms with Crippen molar-refractivity contribution >= 4 is 17.6 Å². The van der Waals surface area contributed by atoms with E-state index in [2.05, 4.69) is 11.8 Å². The molecule has 0 saturated heterocycles. The number of unbranched alkanes of at least 4 members (excludes halogenated alkanes) is 2. The zero-order chi connectivity index (χ0) is 18.3. The van der Waals surface area contributed by atoms with Crippen LogP contribution in [0.5, 0.6) is 0 Å². The Morgan fingerprint density at radius 3 is 2.64 bits per heavy atom. The second-order valence-electron chi connectivity index (χ2n) is 7.40. The fourth-order valence-corrected chi connectivity index (χ4v) is 4.40. The number of aliphatic hydroxyl groups excluding tert-OH is 1. The smallest absolute Gasteiger partial charge is 0.327 e. The predicted octanol–water partition coefficient (Wildman–Crippen LogP) is 3.49. The lowest BCUT2D eigenvalue weighted by Gasteiger charge is -2.27. The van der Waals surface area contributed by atoms with Crippen molar-refractivity contribution in [3.05, 3.63) is 12.2 Å². The van der Waals surface area contributed by atoms with Gasteiger partial charge >= 0.3 is 5.97 Å². The Bertz CT molecular complexity index is 528. The molecule has 0 aromatic heterocycles. The summed E-state index contributed by atoms with van der Waals surface area (Å²) in [5.74, 6) is 5.24. The number of carbonyl (C=O) groups is 1. The van der Waals surface area contributed by atoms with Gasteiger partial charge < -0.3 is 15.3 Å². The number of halogens is 1. The highest BCUT2D eigenvalue weighted by molar-refractivity contribution is 6.21. The first-order chi connectivity index (χ1) is 11.9. The van der Waals surface area contributed by atoms with E-state index >= 15 is 0 Å². The van der Waals surface area contributed by atoms with Crippen molar-refractivity contribution in [1.82, 2.24) is 0 Å². The van der Waals surface area contributed by atoms with Gasteiger partial charge in [0.1, 0.15) is 5.60 Å². The molecule has 0 heterocycles. The molecule has 4 nitrogen and oxygen atoms in total. The standard InChI is InChI=1S/C20H29ClO4/c21-17-14-18(22)16(10-13-20(25)11-6-3-7-12-20)15(17)8-4-1-2-5-9-19(23)24/h5,9,15-18,22,25H,1-4,6-8,11-12,14H2,(H,23,24)/b9-5+/t15-,16-,17-,18-/m1/s1. The number of allylic oxidation sites excluding steroid dienone is 1. The van der Waals surface area contributed by atoms with Gasteiger partial charge in [-0.15, -0.1) is 11.6 Å². The molecular weight excluding hydrogens is 340 g/mol. The SMILES string of the molecule is O=C(O)/C=C/CCCC[C@@H]1[C@@H](C#CC2(O)CCCCC2)[C@H](O)C[C@H]1Cl. The summed E-state index contributed by atoms with van der Waals surface area (Å²) in [5, 5.41) is 29.3. The van der Waals surface area contributed by atoms with Gasteiger partial charge in [-0.1, -0.05) is 30.8 Å². The maximum Gasteiger partial charge on any atom is 0.327 e. The zero-order valence-electron chi connectivity index (χ0n) is 14.7. The Labute approximate surface area is 155 Å². The number of aliphatic carboxylic acids is 1. The van der Waals surface area contributed by atoms with E-state index in [4.69, 9.17) is 16.7 Å². The van der Waals surface area contributed by atoms with Gasteiger partial charge in [0.2, 0.25) is 0 Å². The molecule has 25 heavy (non-hydrogen) atoms. The highest BCUT2D eigenvalue weighted by atomic mass is 35.5. The second-order valence-corrected chi connectivity index (χ2v) is 7.96. The summed E-state index contributed by atoms with van der Waals surface area (Å²) in [6.07, 6.45) is 10.9. The fourth-order valence-electron chi connectivity index (χ4n) is 3.93. The van der Waals surface area contributed by atoms with Crippen molar-refractivity contribution < 1.29 is 20.1 Å². The van der Waals surface area contributed by atoms with Crippen LogP contribution in [0.25, 0.3) is 0 Å². The monoisotopic (exact) mass is 368 g/mol. The maximum atomic E-state index is 10.5. The molecule has 0 aromatic rings. The third kappa shape index (κ3) is 6.33. The fraction of sp³-hybridized carbons (Fsp3) is 0.750. The Kier molecular flexibility index (Phi) is 7.81. The van der Waals surface area contributed by atoms with Crippen LogP contribution in [0.15, 0.2) is 12.2 Å². The molecule has 2 fully saturated rings. The minimum absolute atomic E-state index is 0.0927. The molecule has 0 radical (unpaired) electrons. The normalized spacial score (nSPS) is 31.6. The van der Waals surface area contributed by atoms with E-state index in [1.165, 1.54) is 6.08 Å². The van der Waals surface area contributed by atoms with Crippen LogP contribution in [0.3, 0.4) is 0 Å². The van der Waals surface area contributed by atoms with Crippen molar-refractivity contribution in [3.63, 3.8) is 0 Å². The summed E-state index contributed by atoms with van der Waals surface area (Å²) >= 11 is 6.42. The number of carboxylic acid groups (broad SMARTS) is 1. The van der Waals surface area contributed by atoms with E-state index in [9.17, 15) is 15.0 Å². The molecule has 4 atom stereocenters. The number of alkyl halides is 1. The van der Waals surface area contributed by atoms with Gasteiger partial charge in [0.05, 0.1) is 12.0 Å². The molecule has 0 aromatic carbocycles. The van der Waals surface area contributed by atoms with Gasteiger partial charge in [0.25, 0.3) is 0 Å². The van der Waals surface area contributed by atoms with Gasteiger partial charge in [0.15, 0.2) is 0 Å². The van der Waals surface area contributed by atoms with Crippen molar-refractivity contribution in [2.75, 3.05) is 0 Å². The minimum atomic E-state index is -0.921. The summed E-state index contributed by atoms with van der Waals surface area (Å²) < 4.78 is 0. The van der Waals surface area contributed by atoms with Crippen LogP contribution < -0.4 is 0 Å². The average Bonchev–Trinajstić information content (AvgIpc) is 2.82. The summed E-state index contributed by atoms with van der Waals surface area (Å²) in [6.45, 7) is 0. The van der Waals surface area contributed by atoms with E-state index in [-0.39, 0.29) is 17.2 Å². The molecular formula is C20H29ClO4. The first kappa shape index (κ1) is 20.3. The highest BCUT2D eigenvalue weighted by Gasteiger charge is 2.40. The van der Waals surface area contributed by atoms with E-state index in [1.807, 2.05) is 0 Å². The molecule has 0 spiro atoms. The summed E-state index contributed by atoms with van der Waals surface area (Å²) in [6, 6.07) is 0. The quantitative estimate of drug-likeness (QED) is 0.290. The Hall–Kier alpha value is -1.02. The molecule has 2 aliphatic rings. The third-order valence-corrected chi connectivity index (χ3v) is 5.88. The van der Waals surface area contributed by atoms with Crippen molar-refractivity contribution in [3.8, 4) is 11.8 Å². The van der Waals surface area contributed by atoms with Crippen LogP contribution in [-0.4, -0.2) is 38.4 Å². The molecule has 0 amide bonds. The largest absolute Gasteiger partial charge is 0.478 e. The van der Waals surface area contributed by atoms with E-state index in [1.54, 1.807) is 6.08 Å². The molecule has 0 bridgehead atoms. The number of hydrogen-bond acceptors (Lipinski definition) is 3. The Morgan fingerprint density at radius 1 is 1.24 bits per heavy atom. The van der Waals surface area contributed by atoms with Crippen molar-refractivity contribution in [2.45, 2.75) is 81.3 Å². The highest BCUT2D eigenvalue weighted by Crippen LogP contribution is 2.39. The summed E-state index contributed by atoms with van der Waals surface area (Å²) in [4.78, 5) is 10.4. The maximum absolute atomic E-state index is 10.5. The molecule has 3 N–H and O–H groups in total. The molecule has 5 heteroatoms. The van der Waals surface area contributed by atoms with Crippen LogP contribution in [0.2, 0.25) is 0 Å². The number of hydrogen-bond donors (Lipinski definition) is 3. The minimum Gasteiger partial charge on any atom is -0.478 e. The van der Waals surface area contributed by atoms with Crippen LogP contribution in [0.1, 0.15) is 64.2 Å². The van der Waals surface area contributed by atoms with Gasteiger partial charge in [0, 0.05) is 11.5 Å². The summed E-state index contributed by atoms with van der Waals surface area (Å²) in [5.41, 5.74) is -0.894.